The molecular weight excluding hydrogens is 144 g/mol. The van der Waals surface area contributed by atoms with Crippen LogP contribution < -0.4 is 0 Å². The van der Waals surface area contributed by atoms with Gasteiger partial charge < -0.3 is 0 Å². The molecule has 12 heavy (non-hydrogen) atoms. The molecule has 0 saturated heterocycles. The highest BCUT2D eigenvalue weighted by Gasteiger charge is 1.96. The van der Waals surface area contributed by atoms with E-state index in [-0.39, 0.29) is 0 Å². The lowest BCUT2D eigenvalue weighted by molar-refractivity contribution is 0.979. The summed E-state index contributed by atoms with van der Waals surface area (Å²) in [6, 6.07) is 8.49. The number of aryl methyl sites for hydroxylation is 2. The van der Waals surface area contributed by atoms with E-state index in [1.165, 1.54) is 11.1 Å². The Bertz CT molecular complexity index is 278. The third-order valence-electron chi connectivity index (χ3n) is 2.04. The highest BCUT2D eigenvalue weighted by molar-refractivity contribution is 5.27. The third kappa shape index (κ3) is 2.13. The molecule has 0 aliphatic heterocycles. The minimum atomic E-state index is 0.844. The van der Waals surface area contributed by atoms with E-state index in [0.29, 0.717) is 0 Å². The van der Waals surface area contributed by atoms with Crippen molar-refractivity contribution in [1.29, 1.82) is 0 Å². The molecule has 1 rings (SSSR count). The average molecular weight is 158 g/mol. The number of hydrogen-bond acceptors (Lipinski definition) is 0. The van der Waals surface area contributed by atoms with E-state index < -0.39 is 0 Å². The van der Waals surface area contributed by atoms with Crippen LogP contribution in [0.25, 0.3) is 0 Å². The molecule has 0 spiro atoms. The molecule has 0 heterocycles. The first-order valence-corrected chi connectivity index (χ1v) is 4.38. The highest BCUT2D eigenvalue weighted by atomic mass is 14.0. The van der Waals surface area contributed by atoms with Crippen molar-refractivity contribution in [3.05, 3.63) is 35.4 Å². The predicted molar refractivity (Wildman–Crippen MR) is 53.0 cm³/mol. The van der Waals surface area contributed by atoms with Gasteiger partial charge in [0.05, 0.1) is 0 Å². The summed E-state index contributed by atoms with van der Waals surface area (Å²) in [5, 5.41) is 0. The maximum atomic E-state index is 5.22. The quantitative estimate of drug-likeness (QED) is 0.593. The largest absolute Gasteiger partial charge is 0.120 e. The number of rotatable bonds is 3. The molecule has 0 atom stereocenters. The van der Waals surface area contributed by atoms with E-state index in [1.807, 2.05) is 0 Å². The third-order valence-corrected chi connectivity index (χ3v) is 2.04. The summed E-state index contributed by atoms with van der Waals surface area (Å²) in [5.74, 6) is 2.67. The van der Waals surface area contributed by atoms with Gasteiger partial charge in [-0.15, -0.1) is 12.3 Å². The van der Waals surface area contributed by atoms with Gasteiger partial charge in [-0.3, -0.25) is 0 Å². The molecule has 0 amide bonds. The first kappa shape index (κ1) is 8.87. The van der Waals surface area contributed by atoms with Gasteiger partial charge in [0.15, 0.2) is 0 Å². The maximum Gasteiger partial charge on any atom is 0.0127 e. The normalized spacial score (nSPS) is 9.33. The first-order valence-electron chi connectivity index (χ1n) is 4.38. The number of hydrogen-bond donors (Lipinski definition) is 0. The van der Waals surface area contributed by atoms with E-state index in [1.54, 1.807) is 0 Å². The van der Waals surface area contributed by atoms with Crippen molar-refractivity contribution < 1.29 is 0 Å². The summed E-state index contributed by atoms with van der Waals surface area (Å²) < 4.78 is 0. The standard InChI is InChI=1S/C12H14/c1-3-5-8-12-10-7-6-9-11(12)4-2/h1,6-7,9-10H,4-5,8H2,2H3. The molecule has 0 aromatic heterocycles. The van der Waals surface area contributed by atoms with E-state index in [0.717, 1.165) is 19.3 Å². The van der Waals surface area contributed by atoms with Gasteiger partial charge in [0.2, 0.25) is 0 Å². The molecule has 0 nitrogen and oxygen atoms in total. The Kier molecular flexibility index (Phi) is 3.41. The van der Waals surface area contributed by atoms with E-state index >= 15 is 0 Å². The summed E-state index contributed by atoms with van der Waals surface area (Å²) in [4.78, 5) is 0. The summed E-state index contributed by atoms with van der Waals surface area (Å²) in [6.45, 7) is 2.18. The van der Waals surface area contributed by atoms with Gasteiger partial charge in [-0.25, -0.2) is 0 Å². The Hall–Kier alpha value is -1.22. The van der Waals surface area contributed by atoms with Crippen LogP contribution in [0.4, 0.5) is 0 Å². The highest BCUT2D eigenvalue weighted by Crippen LogP contribution is 2.10. The number of terminal acetylenes is 1. The minimum absolute atomic E-state index is 0.844. The Balaban J connectivity index is 2.76. The lowest BCUT2D eigenvalue weighted by atomic mass is 10.0. The molecular formula is C12H14. The van der Waals surface area contributed by atoms with Gasteiger partial charge in [-0.2, -0.15) is 0 Å². The fourth-order valence-corrected chi connectivity index (χ4v) is 1.35. The monoisotopic (exact) mass is 158 g/mol. The van der Waals surface area contributed by atoms with Crippen molar-refractivity contribution in [1.82, 2.24) is 0 Å². The molecule has 0 unspecified atom stereocenters. The zero-order valence-corrected chi connectivity index (χ0v) is 7.51. The van der Waals surface area contributed by atoms with Crippen molar-refractivity contribution in [2.24, 2.45) is 0 Å². The predicted octanol–water partition coefficient (Wildman–Crippen LogP) is 2.81. The molecule has 1 aromatic rings. The van der Waals surface area contributed by atoms with Crippen molar-refractivity contribution >= 4 is 0 Å². The molecule has 62 valence electrons. The van der Waals surface area contributed by atoms with Gasteiger partial charge >= 0.3 is 0 Å². The van der Waals surface area contributed by atoms with Gasteiger partial charge in [0.1, 0.15) is 0 Å². The van der Waals surface area contributed by atoms with Gasteiger partial charge in [-0.1, -0.05) is 31.2 Å². The van der Waals surface area contributed by atoms with Crippen molar-refractivity contribution in [3.8, 4) is 12.3 Å². The van der Waals surface area contributed by atoms with Crippen molar-refractivity contribution in [2.75, 3.05) is 0 Å². The second-order valence-corrected chi connectivity index (χ2v) is 2.83. The van der Waals surface area contributed by atoms with Gasteiger partial charge in [0, 0.05) is 6.42 Å². The fourth-order valence-electron chi connectivity index (χ4n) is 1.35. The topological polar surface area (TPSA) is 0 Å². The molecule has 0 aliphatic rings. The molecule has 1 aromatic carbocycles. The lowest BCUT2D eigenvalue weighted by Gasteiger charge is -2.04. The van der Waals surface area contributed by atoms with E-state index in [9.17, 15) is 0 Å². The summed E-state index contributed by atoms with van der Waals surface area (Å²) in [7, 11) is 0. The van der Waals surface area contributed by atoms with Crippen LogP contribution in [0.2, 0.25) is 0 Å². The number of benzene rings is 1. The van der Waals surface area contributed by atoms with Crippen LogP contribution in [0.3, 0.4) is 0 Å². The zero-order chi connectivity index (χ0) is 8.81. The molecule has 0 fully saturated rings. The zero-order valence-electron chi connectivity index (χ0n) is 7.51. The summed E-state index contributed by atoms with van der Waals surface area (Å²) >= 11 is 0. The van der Waals surface area contributed by atoms with Crippen molar-refractivity contribution in [2.45, 2.75) is 26.2 Å². The minimum Gasteiger partial charge on any atom is -0.120 e. The van der Waals surface area contributed by atoms with Crippen molar-refractivity contribution in [3.63, 3.8) is 0 Å². The SMILES string of the molecule is C#CCCc1ccccc1CC. The molecule has 0 bridgehead atoms. The van der Waals surface area contributed by atoms with Crippen LogP contribution in [0.1, 0.15) is 24.5 Å². The molecule has 0 heteroatoms. The van der Waals surface area contributed by atoms with Gasteiger partial charge in [-0.05, 0) is 24.0 Å². The Labute approximate surface area is 74.6 Å². The molecule has 0 N–H and O–H groups in total. The molecule has 0 aliphatic carbocycles. The van der Waals surface area contributed by atoms with E-state index in [2.05, 4.69) is 37.1 Å². The Morgan fingerprint density at radius 3 is 2.50 bits per heavy atom. The second-order valence-electron chi connectivity index (χ2n) is 2.83. The van der Waals surface area contributed by atoms with Crippen LogP contribution >= 0.6 is 0 Å². The Morgan fingerprint density at radius 2 is 1.92 bits per heavy atom. The fraction of sp³-hybridized carbons (Fsp3) is 0.333. The molecule has 0 radical (unpaired) electrons. The van der Waals surface area contributed by atoms with Crippen LogP contribution in [0.15, 0.2) is 24.3 Å². The lowest BCUT2D eigenvalue weighted by Crippen LogP contribution is -1.91. The smallest absolute Gasteiger partial charge is 0.0127 e. The summed E-state index contributed by atoms with van der Waals surface area (Å²) in [5.41, 5.74) is 2.82. The molecule has 0 saturated carbocycles. The van der Waals surface area contributed by atoms with Crippen LogP contribution in [-0.4, -0.2) is 0 Å². The second kappa shape index (κ2) is 4.62. The van der Waals surface area contributed by atoms with Crippen LogP contribution in [0, 0.1) is 12.3 Å². The van der Waals surface area contributed by atoms with Crippen LogP contribution in [-0.2, 0) is 12.8 Å². The van der Waals surface area contributed by atoms with E-state index in [4.69, 9.17) is 6.42 Å². The maximum absolute atomic E-state index is 5.22. The first-order chi connectivity index (χ1) is 5.88. The average Bonchev–Trinajstić information content (AvgIpc) is 2.15. The Morgan fingerprint density at radius 1 is 1.25 bits per heavy atom. The van der Waals surface area contributed by atoms with Gasteiger partial charge in [0.25, 0.3) is 0 Å². The van der Waals surface area contributed by atoms with Crippen LogP contribution in [0.5, 0.6) is 0 Å². The summed E-state index contributed by atoms with van der Waals surface area (Å²) in [6.07, 6.45) is 8.17.